The van der Waals surface area contributed by atoms with Gasteiger partial charge in [-0.05, 0) is 35.9 Å². The second kappa shape index (κ2) is 6.03. The molecule has 0 aliphatic carbocycles. The van der Waals surface area contributed by atoms with Crippen molar-refractivity contribution >= 4 is 22.8 Å². The smallest absolute Gasteiger partial charge is 0.201 e. The van der Waals surface area contributed by atoms with Gasteiger partial charge in [-0.2, -0.15) is 10.4 Å². The molecule has 0 bridgehead atoms. The number of nitrogens with zero attached hydrogens (tertiary/aromatic N) is 3. The van der Waals surface area contributed by atoms with Crippen LogP contribution in [0.1, 0.15) is 0 Å². The third kappa shape index (κ3) is 3.04. The normalized spacial score (nSPS) is 11.2. The lowest BCUT2D eigenvalue weighted by Crippen LogP contribution is -2.21. The molecule has 0 amide bonds. The molecule has 0 radical (unpaired) electrons. The Hall–Kier alpha value is -3.59. The van der Waals surface area contributed by atoms with Crippen LogP contribution in [0.3, 0.4) is 0 Å². The highest BCUT2D eigenvalue weighted by Gasteiger charge is 2.04. The number of fused-ring (bicyclic) bond motifs is 1. The van der Waals surface area contributed by atoms with Crippen LogP contribution in [0.4, 0.5) is 5.69 Å². The van der Waals surface area contributed by atoms with Crippen molar-refractivity contribution in [1.29, 1.82) is 10.7 Å². The molecule has 0 spiro atoms. The maximum Gasteiger partial charge on any atom is 0.201 e. The first-order chi connectivity index (χ1) is 11.2. The van der Waals surface area contributed by atoms with E-state index in [1.807, 2.05) is 54.9 Å². The molecule has 23 heavy (non-hydrogen) atoms. The van der Waals surface area contributed by atoms with Gasteiger partial charge in [-0.1, -0.05) is 18.2 Å². The van der Waals surface area contributed by atoms with Crippen molar-refractivity contribution in [3.63, 3.8) is 0 Å². The van der Waals surface area contributed by atoms with Crippen molar-refractivity contribution in [2.75, 3.05) is 5.43 Å². The number of pyridine rings is 1. The van der Waals surface area contributed by atoms with Crippen LogP contribution in [0.25, 0.3) is 16.6 Å². The van der Waals surface area contributed by atoms with Gasteiger partial charge in [-0.25, -0.2) is 0 Å². The van der Waals surface area contributed by atoms with Gasteiger partial charge in [-0.3, -0.25) is 10.8 Å². The summed E-state index contributed by atoms with van der Waals surface area (Å²) in [6, 6.07) is 17.5. The summed E-state index contributed by atoms with van der Waals surface area (Å²) in [7, 11) is 0. The Kier molecular flexibility index (Phi) is 3.77. The molecule has 6 nitrogen and oxygen atoms in total. The average Bonchev–Trinajstić information content (AvgIpc) is 2.99. The van der Waals surface area contributed by atoms with Crippen LogP contribution < -0.4 is 11.2 Å². The van der Waals surface area contributed by atoms with Gasteiger partial charge in [0.2, 0.25) is 5.71 Å². The van der Waals surface area contributed by atoms with E-state index >= 15 is 0 Å². The molecule has 0 atom stereocenters. The molecule has 6 heteroatoms. The second-order valence-electron chi connectivity index (χ2n) is 4.94. The molecule has 1 aromatic carbocycles. The van der Waals surface area contributed by atoms with E-state index in [2.05, 4.69) is 21.0 Å². The molecule has 4 N–H and O–H groups in total. The summed E-state index contributed by atoms with van der Waals surface area (Å²) in [5.74, 6) is -0.366. The topological polar surface area (TPSA) is 102 Å². The van der Waals surface area contributed by atoms with Crippen molar-refractivity contribution in [2.24, 2.45) is 10.8 Å². The maximum absolute atomic E-state index is 8.84. The number of nitrogens with one attached hydrogen (secondary N) is 2. The predicted molar refractivity (Wildman–Crippen MR) is 91.4 cm³/mol. The molecule has 0 fully saturated rings. The van der Waals surface area contributed by atoms with E-state index in [4.69, 9.17) is 16.4 Å². The van der Waals surface area contributed by atoms with Gasteiger partial charge >= 0.3 is 0 Å². The lowest BCUT2D eigenvalue weighted by Gasteiger charge is -2.04. The third-order valence-electron chi connectivity index (χ3n) is 3.36. The van der Waals surface area contributed by atoms with E-state index < -0.39 is 0 Å². The number of nitriles is 1. The number of hydrazone groups is 1. The van der Waals surface area contributed by atoms with Crippen molar-refractivity contribution in [3.8, 4) is 17.2 Å². The van der Waals surface area contributed by atoms with Crippen LogP contribution in [0, 0.1) is 16.7 Å². The highest BCUT2D eigenvalue weighted by atomic mass is 15.3. The third-order valence-corrected chi connectivity index (χ3v) is 3.36. The Morgan fingerprint density at radius 2 is 2.04 bits per heavy atom. The molecule has 112 valence electrons. The van der Waals surface area contributed by atoms with Gasteiger partial charge in [0, 0.05) is 23.5 Å². The second-order valence-corrected chi connectivity index (χ2v) is 4.94. The molecule has 0 aliphatic heterocycles. The zero-order valence-corrected chi connectivity index (χ0v) is 12.2. The van der Waals surface area contributed by atoms with Crippen molar-refractivity contribution in [1.82, 2.24) is 4.40 Å². The molecule has 0 saturated heterocycles. The molecule has 0 saturated carbocycles. The van der Waals surface area contributed by atoms with E-state index in [1.165, 1.54) is 0 Å². The zero-order valence-electron chi connectivity index (χ0n) is 12.2. The monoisotopic (exact) mass is 302 g/mol. The van der Waals surface area contributed by atoms with Gasteiger partial charge in [-0.15, -0.1) is 0 Å². The lowest BCUT2D eigenvalue weighted by atomic mass is 10.1. The number of nitrogens with two attached hydrogens (primary N) is 1. The fourth-order valence-corrected chi connectivity index (χ4v) is 2.25. The highest BCUT2D eigenvalue weighted by molar-refractivity contribution is 6.45. The van der Waals surface area contributed by atoms with E-state index in [0.717, 1.165) is 16.6 Å². The molecular weight excluding hydrogens is 288 g/mol. The van der Waals surface area contributed by atoms with E-state index in [-0.39, 0.29) is 11.5 Å². The minimum Gasteiger partial charge on any atom is -0.382 e. The summed E-state index contributed by atoms with van der Waals surface area (Å²) in [6.07, 6.45) is 4.05. The summed E-state index contributed by atoms with van der Waals surface area (Å²) in [4.78, 5) is 0. The van der Waals surface area contributed by atoms with Gasteiger partial charge in [0.15, 0.2) is 5.84 Å². The first-order valence-electron chi connectivity index (χ1n) is 6.93. The van der Waals surface area contributed by atoms with Crippen LogP contribution in [0.15, 0.2) is 66.0 Å². The fourth-order valence-electron chi connectivity index (χ4n) is 2.25. The largest absolute Gasteiger partial charge is 0.382 e. The van der Waals surface area contributed by atoms with Crippen molar-refractivity contribution in [2.45, 2.75) is 0 Å². The molecule has 3 rings (SSSR count). The fraction of sp³-hybridized carbons (Fsp3) is 0. The van der Waals surface area contributed by atoms with Crippen LogP contribution in [-0.4, -0.2) is 15.9 Å². The number of aromatic nitrogens is 1. The van der Waals surface area contributed by atoms with Gasteiger partial charge in [0.05, 0.1) is 5.69 Å². The minimum atomic E-state index is -0.366. The quantitative estimate of drug-likeness (QED) is 0.392. The Balaban J connectivity index is 1.91. The van der Waals surface area contributed by atoms with Gasteiger partial charge in [0.1, 0.15) is 6.07 Å². The summed E-state index contributed by atoms with van der Waals surface area (Å²) in [5.41, 5.74) is 11.8. The predicted octanol–water partition coefficient (Wildman–Crippen LogP) is 2.83. The van der Waals surface area contributed by atoms with Crippen molar-refractivity contribution in [3.05, 3.63) is 60.9 Å². The van der Waals surface area contributed by atoms with Crippen LogP contribution in [0.2, 0.25) is 0 Å². The maximum atomic E-state index is 8.84. The van der Waals surface area contributed by atoms with Crippen LogP contribution >= 0.6 is 0 Å². The van der Waals surface area contributed by atoms with Gasteiger partial charge in [0.25, 0.3) is 0 Å². The SMILES string of the molecule is N#C/C(=N\Nc1cccc(-c2cc3ccccn3c2)c1)C(=N)N. The minimum absolute atomic E-state index is 0.148. The summed E-state index contributed by atoms with van der Waals surface area (Å²) in [6.45, 7) is 0. The molecular formula is C17H14N6. The molecule has 2 heterocycles. The Morgan fingerprint density at radius 1 is 1.17 bits per heavy atom. The summed E-state index contributed by atoms with van der Waals surface area (Å²) in [5, 5.41) is 19.9. The zero-order chi connectivity index (χ0) is 16.2. The number of rotatable bonds is 4. The van der Waals surface area contributed by atoms with E-state index in [0.29, 0.717) is 5.69 Å². The molecule has 2 aromatic heterocycles. The Labute approximate surface area is 133 Å². The van der Waals surface area contributed by atoms with Crippen LogP contribution in [-0.2, 0) is 0 Å². The summed E-state index contributed by atoms with van der Waals surface area (Å²) >= 11 is 0. The summed E-state index contributed by atoms with van der Waals surface area (Å²) < 4.78 is 2.05. The molecule has 0 unspecified atom stereocenters. The van der Waals surface area contributed by atoms with Crippen LogP contribution in [0.5, 0.6) is 0 Å². The first-order valence-corrected chi connectivity index (χ1v) is 6.93. The lowest BCUT2D eigenvalue weighted by molar-refractivity contribution is 1.20. The standard InChI is InChI=1S/C17H14N6/c18-10-16(17(19)20)22-21-14-5-3-4-12(8-14)13-9-15-6-1-2-7-23(15)11-13/h1-9,11,21H,(H3,19,20)/b22-16+. The van der Waals surface area contributed by atoms with E-state index in [1.54, 1.807) is 6.07 Å². The van der Waals surface area contributed by atoms with Crippen molar-refractivity contribution < 1.29 is 0 Å². The number of anilines is 1. The van der Waals surface area contributed by atoms with E-state index in [9.17, 15) is 0 Å². The number of hydrogen-bond donors (Lipinski definition) is 3. The first kappa shape index (κ1) is 14.4. The van der Waals surface area contributed by atoms with Gasteiger partial charge < -0.3 is 10.1 Å². The Bertz CT molecular complexity index is 912. The Morgan fingerprint density at radius 3 is 2.78 bits per heavy atom. The molecule has 0 aliphatic rings. The number of benzene rings is 1. The molecule has 3 aromatic rings. The average molecular weight is 302 g/mol. The highest BCUT2D eigenvalue weighted by Crippen LogP contribution is 2.25. The number of amidine groups is 1. The number of hydrogen-bond acceptors (Lipinski definition) is 4.